The second-order valence-electron chi connectivity index (χ2n) is 6.01. The highest BCUT2D eigenvalue weighted by atomic mass is 32.1. The van der Waals surface area contributed by atoms with Crippen LogP contribution in [0.25, 0.3) is 0 Å². The van der Waals surface area contributed by atoms with E-state index in [2.05, 4.69) is 15.4 Å². The average Bonchev–Trinajstić information content (AvgIpc) is 3.14. The Labute approximate surface area is 146 Å². The van der Waals surface area contributed by atoms with Crippen LogP contribution < -0.4 is 5.32 Å². The van der Waals surface area contributed by atoms with Crippen molar-refractivity contribution in [3.8, 4) is 0 Å². The van der Waals surface area contributed by atoms with Gasteiger partial charge in [0, 0.05) is 29.1 Å². The molecular formula is C16H17F3N4OS. The molecule has 5 nitrogen and oxygen atoms in total. The fourth-order valence-corrected chi connectivity index (χ4v) is 3.59. The molecule has 1 aromatic carbocycles. The van der Waals surface area contributed by atoms with Crippen molar-refractivity contribution in [2.45, 2.75) is 32.0 Å². The lowest BCUT2D eigenvalue weighted by molar-refractivity contribution is -0.140. The highest BCUT2D eigenvalue weighted by Crippen LogP contribution is 2.34. The van der Waals surface area contributed by atoms with E-state index in [1.165, 1.54) is 0 Å². The standard InChI is InChI=1S/C16H17F3N4OS/c1-9-7-20-23(24)14(9)10(2)11-3-5-12(6-4-11)21-15-22-13(8-25-15)16(17,18)19/h3-10,14,24H,1-2H3,(H,21,22)/t9?,10-,14?/m1/s1. The van der Waals surface area contributed by atoms with Crippen molar-refractivity contribution in [3.05, 3.63) is 40.9 Å². The molecule has 0 bridgehead atoms. The van der Waals surface area contributed by atoms with Crippen molar-refractivity contribution in [2.24, 2.45) is 11.0 Å². The molecule has 25 heavy (non-hydrogen) atoms. The van der Waals surface area contributed by atoms with Crippen molar-refractivity contribution >= 4 is 28.4 Å². The van der Waals surface area contributed by atoms with Gasteiger partial charge in [-0.2, -0.15) is 23.4 Å². The van der Waals surface area contributed by atoms with E-state index in [0.717, 1.165) is 27.5 Å². The number of nitrogens with zero attached hydrogens (tertiary/aromatic N) is 3. The van der Waals surface area contributed by atoms with E-state index in [1.54, 1.807) is 18.3 Å². The minimum absolute atomic E-state index is 0.0354. The smallest absolute Gasteiger partial charge is 0.332 e. The van der Waals surface area contributed by atoms with Crippen molar-refractivity contribution in [2.75, 3.05) is 5.32 Å². The van der Waals surface area contributed by atoms with Crippen LogP contribution in [0.15, 0.2) is 34.7 Å². The zero-order valence-corrected chi connectivity index (χ0v) is 14.3. The van der Waals surface area contributed by atoms with E-state index in [0.29, 0.717) is 5.69 Å². The Morgan fingerprint density at radius 1 is 1.28 bits per heavy atom. The van der Waals surface area contributed by atoms with Crippen LogP contribution in [0.4, 0.5) is 24.0 Å². The lowest BCUT2D eigenvalue weighted by atomic mass is 9.87. The molecule has 9 heteroatoms. The summed E-state index contributed by atoms with van der Waals surface area (Å²) < 4.78 is 37.7. The summed E-state index contributed by atoms with van der Waals surface area (Å²) in [6.45, 7) is 3.98. The maximum absolute atomic E-state index is 12.6. The molecule has 1 aromatic heterocycles. The summed E-state index contributed by atoms with van der Waals surface area (Å²) in [7, 11) is 0. The van der Waals surface area contributed by atoms with Gasteiger partial charge in [-0.05, 0) is 17.7 Å². The number of rotatable bonds is 4. The molecule has 0 saturated carbocycles. The normalized spacial score (nSPS) is 21.6. The van der Waals surface area contributed by atoms with Crippen molar-refractivity contribution in [1.29, 1.82) is 0 Å². The molecule has 0 amide bonds. The Kier molecular flexibility index (Phi) is 4.70. The van der Waals surface area contributed by atoms with Gasteiger partial charge in [0.2, 0.25) is 0 Å². The number of hydrogen-bond acceptors (Lipinski definition) is 6. The van der Waals surface area contributed by atoms with Crippen molar-refractivity contribution in [3.63, 3.8) is 0 Å². The molecule has 0 fully saturated rings. The summed E-state index contributed by atoms with van der Waals surface area (Å²) in [6.07, 6.45) is -2.73. The maximum Gasteiger partial charge on any atom is 0.434 e. The second kappa shape index (κ2) is 6.64. The number of aromatic nitrogens is 1. The van der Waals surface area contributed by atoms with Crippen LogP contribution in [0.2, 0.25) is 0 Å². The predicted octanol–water partition coefficient (Wildman–Crippen LogP) is 4.70. The number of hydrogen-bond donors (Lipinski definition) is 2. The van der Waals surface area contributed by atoms with Gasteiger partial charge in [0.15, 0.2) is 10.8 Å². The molecule has 1 aliphatic rings. The molecule has 2 N–H and O–H groups in total. The van der Waals surface area contributed by atoms with Crippen LogP contribution in [-0.4, -0.2) is 27.6 Å². The number of thiazole rings is 1. The summed E-state index contributed by atoms with van der Waals surface area (Å²) in [5, 5.41) is 18.8. The van der Waals surface area contributed by atoms with E-state index in [4.69, 9.17) is 0 Å². The molecule has 2 heterocycles. The summed E-state index contributed by atoms with van der Waals surface area (Å²) in [4.78, 5) is 3.54. The van der Waals surface area contributed by atoms with Crippen LogP contribution in [0.5, 0.6) is 0 Å². The molecule has 0 radical (unpaired) electrons. The van der Waals surface area contributed by atoms with Crippen LogP contribution in [0.1, 0.15) is 31.0 Å². The maximum atomic E-state index is 12.6. The highest BCUT2D eigenvalue weighted by molar-refractivity contribution is 7.13. The zero-order valence-electron chi connectivity index (χ0n) is 13.5. The second-order valence-corrected chi connectivity index (χ2v) is 6.86. The molecule has 2 unspecified atom stereocenters. The SMILES string of the molecule is CC1C=NN(O)C1[C@H](C)c1ccc(Nc2nc(C(F)(F)F)cs2)cc1. The van der Waals surface area contributed by atoms with Crippen molar-refractivity contribution in [1.82, 2.24) is 10.2 Å². The molecule has 134 valence electrons. The number of halogens is 3. The Morgan fingerprint density at radius 3 is 2.48 bits per heavy atom. The Morgan fingerprint density at radius 2 is 1.96 bits per heavy atom. The number of anilines is 2. The fraction of sp³-hybridized carbons (Fsp3) is 0.375. The first kappa shape index (κ1) is 17.7. The van der Waals surface area contributed by atoms with Gasteiger partial charge >= 0.3 is 6.18 Å². The monoisotopic (exact) mass is 370 g/mol. The number of hydroxylamine groups is 1. The number of alkyl halides is 3. The highest BCUT2D eigenvalue weighted by Gasteiger charge is 2.34. The summed E-state index contributed by atoms with van der Waals surface area (Å²) in [5.74, 6) is 0.155. The largest absolute Gasteiger partial charge is 0.434 e. The van der Waals surface area contributed by atoms with E-state index in [1.807, 2.05) is 26.0 Å². The van der Waals surface area contributed by atoms with Crippen LogP contribution in [0.3, 0.4) is 0 Å². The van der Waals surface area contributed by atoms with Gasteiger partial charge in [-0.25, -0.2) is 4.98 Å². The molecule has 0 saturated heterocycles. The number of nitrogens with one attached hydrogen (secondary N) is 1. The van der Waals surface area contributed by atoms with E-state index in [-0.39, 0.29) is 23.0 Å². The third-order valence-corrected chi connectivity index (χ3v) is 4.98. The van der Waals surface area contributed by atoms with E-state index in [9.17, 15) is 18.4 Å². The van der Waals surface area contributed by atoms with Crippen LogP contribution in [-0.2, 0) is 6.18 Å². The first-order chi connectivity index (χ1) is 11.8. The molecule has 2 aromatic rings. The summed E-state index contributed by atoms with van der Waals surface area (Å²) in [5.41, 5.74) is 0.751. The third-order valence-electron chi connectivity index (χ3n) is 4.22. The molecule has 0 aliphatic carbocycles. The molecule has 1 aliphatic heterocycles. The first-order valence-corrected chi connectivity index (χ1v) is 8.55. The Bertz CT molecular complexity index is 747. The minimum atomic E-state index is -4.44. The van der Waals surface area contributed by atoms with Crippen LogP contribution >= 0.6 is 11.3 Å². The number of benzene rings is 1. The first-order valence-electron chi connectivity index (χ1n) is 7.67. The van der Waals surface area contributed by atoms with Gasteiger partial charge < -0.3 is 5.32 Å². The van der Waals surface area contributed by atoms with Gasteiger partial charge in [-0.3, -0.25) is 5.21 Å². The third kappa shape index (κ3) is 3.77. The van der Waals surface area contributed by atoms with E-state index < -0.39 is 11.9 Å². The fourth-order valence-electron chi connectivity index (χ4n) is 2.86. The zero-order chi connectivity index (χ0) is 18.2. The number of hydrazone groups is 1. The van der Waals surface area contributed by atoms with Crippen LogP contribution in [0, 0.1) is 5.92 Å². The molecule has 3 rings (SSSR count). The van der Waals surface area contributed by atoms with Gasteiger partial charge in [-0.15, -0.1) is 11.3 Å². The van der Waals surface area contributed by atoms with Gasteiger partial charge in [0.1, 0.15) is 0 Å². The molecule has 3 atom stereocenters. The predicted molar refractivity (Wildman–Crippen MR) is 90.3 cm³/mol. The minimum Gasteiger partial charge on any atom is -0.332 e. The average molecular weight is 370 g/mol. The summed E-state index contributed by atoms with van der Waals surface area (Å²) >= 11 is 0.904. The van der Waals surface area contributed by atoms with E-state index >= 15 is 0 Å². The van der Waals surface area contributed by atoms with Crippen molar-refractivity contribution < 1.29 is 18.4 Å². The van der Waals surface area contributed by atoms with Gasteiger partial charge in [0.25, 0.3) is 0 Å². The Hall–Kier alpha value is -2.13. The molecular weight excluding hydrogens is 353 g/mol. The lowest BCUT2D eigenvalue weighted by Crippen LogP contribution is -2.33. The van der Waals surface area contributed by atoms with Gasteiger partial charge in [0.05, 0.1) is 6.04 Å². The van der Waals surface area contributed by atoms with Gasteiger partial charge in [-0.1, -0.05) is 26.0 Å². The molecule has 0 spiro atoms. The topological polar surface area (TPSA) is 60.8 Å². The Balaban J connectivity index is 1.69. The summed E-state index contributed by atoms with van der Waals surface area (Å²) in [6, 6.07) is 7.17. The lowest BCUT2D eigenvalue weighted by Gasteiger charge is -2.27. The quantitative estimate of drug-likeness (QED) is 0.819.